The summed E-state index contributed by atoms with van der Waals surface area (Å²) < 4.78 is 12.6. The quantitative estimate of drug-likeness (QED) is 0.122. The van der Waals surface area contributed by atoms with Crippen LogP contribution in [0.4, 0.5) is 11.4 Å². The van der Waals surface area contributed by atoms with Crippen molar-refractivity contribution in [3.05, 3.63) is 99.4 Å². The molecule has 12 heteroatoms. The zero-order valence-corrected chi connectivity index (χ0v) is 23.4. The van der Waals surface area contributed by atoms with Gasteiger partial charge in [-0.25, -0.2) is 0 Å². The first-order chi connectivity index (χ1) is 20.0. The number of nitrogens with zero attached hydrogens (tertiary/aromatic N) is 7. The van der Waals surface area contributed by atoms with Crippen LogP contribution in [0.25, 0.3) is 0 Å². The van der Waals surface area contributed by atoms with Crippen molar-refractivity contribution in [1.82, 2.24) is 19.8 Å². The Kier molecular flexibility index (Phi) is 7.83. The lowest BCUT2D eigenvalue weighted by atomic mass is 10.1. The lowest BCUT2D eigenvalue weighted by Gasteiger charge is -2.35. The minimum Gasteiger partial charge on any atom is -0.454 e. The second-order valence-corrected chi connectivity index (χ2v) is 10.8. The van der Waals surface area contributed by atoms with Crippen LogP contribution in [-0.2, 0) is 12.3 Å². The molecule has 210 valence electrons. The molecule has 0 bridgehead atoms. The Bertz CT molecular complexity index is 1570. The van der Waals surface area contributed by atoms with Crippen molar-refractivity contribution in [2.75, 3.05) is 37.9 Å². The number of fused-ring (bicyclic) bond motifs is 1. The summed E-state index contributed by atoms with van der Waals surface area (Å²) in [7, 11) is 0. The fourth-order valence-corrected chi connectivity index (χ4v) is 5.77. The second-order valence-electron chi connectivity index (χ2n) is 9.82. The average molecular weight is 572 g/mol. The van der Waals surface area contributed by atoms with Gasteiger partial charge in [-0.05, 0) is 36.2 Å². The SMILES string of the molecule is Cc1nnc(SCc2ccccc2)n1/N=C\c1ccc(N2CCN(Cc3ccc4c(c3)OCO4)CC2)c([N+](=O)[O-])c1. The number of nitro benzene ring substituents is 1. The summed E-state index contributed by atoms with van der Waals surface area (Å²) in [5.74, 6) is 2.93. The van der Waals surface area contributed by atoms with Crippen LogP contribution in [0, 0.1) is 17.0 Å². The molecule has 0 amide bonds. The Morgan fingerprint density at radius 2 is 1.78 bits per heavy atom. The lowest BCUT2D eigenvalue weighted by Crippen LogP contribution is -2.46. The van der Waals surface area contributed by atoms with Crippen molar-refractivity contribution in [1.29, 1.82) is 0 Å². The number of hydrogen-bond donors (Lipinski definition) is 0. The largest absolute Gasteiger partial charge is 0.454 e. The topological polar surface area (TPSA) is 111 Å². The third-order valence-electron chi connectivity index (χ3n) is 7.05. The molecule has 3 aromatic carbocycles. The van der Waals surface area contributed by atoms with Gasteiger partial charge in [0.05, 0.1) is 11.1 Å². The average Bonchev–Trinajstić information content (AvgIpc) is 3.61. The van der Waals surface area contributed by atoms with Crippen LogP contribution in [-0.4, -0.2) is 63.9 Å². The van der Waals surface area contributed by atoms with E-state index in [1.54, 1.807) is 17.0 Å². The number of ether oxygens (including phenoxy) is 2. The molecule has 1 aromatic heterocycles. The predicted molar refractivity (Wildman–Crippen MR) is 157 cm³/mol. The van der Waals surface area contributed by atoms with E-state index < -0.39 is 0 Å². The lowest BCUT2D eigenvalue weighted by molar-refractivity contribution is -0.384. The van der Waals surface area contributed by atoms with E-state index in [1.165, 1.54) is 17.3 Å². The number of nitro groups is 1. The number of anilines is 1. The Morgan fingerprint density at radius 1 is 0.976 bits per heavy atom. The maximum absolute atomic E-state index is 12.0. The van der Waals surface area contributed by atoms with E-state index in [9.17, 15) is 10.1 Å². The molecule has 0 unspecified atom stereocenters. The van der Waals surface area contributed by atoms with E-state index in [1.807, 2.05) is 49.4 Å². The number of piperazine rings is 1. The molecule has 6 rings (SSSR count). The number of rotatable bonds is 9. The van der Waals surface area contributed by atoms with Crippen LogP contribution >= 0.6 is 11.8 Å². The highest BCUT2D eigenvalue weighted by atomic mass is 32.2. The van der Waals surface area contributed by atoms with Crippen molar-refractivity contribution < 1.29 is 14.4 Å². The van der Waals surface area contributed by atoms with Crippen LogP contribution < -0.4 is 14.4 Å². The van der Waals surface area contributed by atoms with Gasteiger partial charge in [0.15, 0.2) is 17.3 Å². The van der Waals surface area contributed by atoms with Crippen LogP contribution in [0.15, 0.2) is 77.0 Å². The van der Waals surface area contributed by atoms with Crippen LogP contribution in [0.3, 0.4) is 0 Å². The maximum atomic E-state index is 12.0. The molecule has 1 saturated heterocycles. The zero-order chi connectivity index (χ0) is 28.2. The van der Waals surface area contributed by atoms with Gasteiger partial charge in [0.1, 0.15) is 5.69 Å². The van der Waals surface area contributed by atoms with E-state index in [2.05, 4.69) is 43.3 Å². The first-order valence-electron chi connectivity index (χ1n) is 13.3. The van der Waals surface area contributed by atoms with Gasteiger partial charge < -0.3 is 14.4 Å². The normalized spacial score (nSPS) is 15.1. The molecule has 2 aliphatic heterocycles. The van der Waals surface area contributed by atoms with Gasteiger partial charge in [-0.1, -0.05) is 54.2 Å². The fourth-order valence-electron chi connectivity index (χ4n) is 4.89. The van der Waals surface area contributed by atoms with Crippen LogP contribution in [0.2, 0.25) is 0 Å². The molecule has 0 saturated carbocycles. The van der Waals surface area contributed by atoms with Gasteiger partial charge in [-0.3, -0.25) is 15.0 Å². The summed E-state index contributed by atoms with van der Waals surface area (Å²) in [4.78, 5) is 16.2. The minimum absolute atomic E-state index is 0.0670. The summed E-state index contributed by atoms with van der Waals surface area (Å²) in [5, 5.41) is 25.7. The molecular weight excluding hydrogens is 542 g/mol. The summed E-state index contributed by atoms with van der Waals surface area (Å²) >= 11 is 1.54. The van der Waals surface area contributed by atoms with Gasteiger partial charge in [-0.2, -0.15) is 9.78 Å². The monoisotopic (exact) mass is 571 g/mol. The predicted octanol–water partition coefficient (Wildman–Crippen LogP) is 4.72. The molecule has 0 aliphatic carbocycles. The van der Waals surface area contributed by atoms with Crippen molar-refractivity contribution in [2.24, 2.45) is 5.10 Å². The third-order valence-corrected chi connectivity index (χ3v) is 8.04. The van der Waals surface area contributed by atoms with Gasteiger partial charge in [0.25, 0.3) is 5.69 Å². The van der Waals surface area contributed by atoms with Gasteiger partial charge >= 0.3 is 0 Å². The molecule has 3 heterocycles. The van der Waals surface area contributed by atoms with Crippen molar-refractivity contribution in [3.8, 4) is 11.5 Å². The maximum Gasteiger partial charge on any atom is 0.293 e. The highest BCUT2D eigenvalue weighted by Crippen LogP contribution is 2.33. The standard InChI is InChI=1S/C29H29N7O4S/c1-21-31-32-29(41-19-22-5-3-2-4-6-22)35(21)30-17-23-7-9-25(26(15-23)36(37)38)34-13-11-33(12-14-34)18-24-8-10-27-28(16-24)40-20-39-27/h2-10,15-17H,11-14,18-20H2,1H3/b30-17-. The zero-order valence-electron chi connectivity index (χ0n) is 22.5. The van der Waals surface area contributed by atoms with E-state index in [0.29, 0.717) is 35.3 Å². The molecular formula is C29H29N7O4S. The summed E-state index contributed by atoms with van der Waals surface area (Å²) in [6.45, 7) is 5.86. The molecule has 0 spiro atoms. The van der Waals surface area contributed by atoms with Crippen molar-refractivity contribution in [3.63, 3.8) is 0 Å². The smallest absolute Gasteiger partial charge is 0.293 e. The molecule has 4 aromatic rings. The Labute approximate surface area is 241 Å². The molecule has 41 heavy (non-hydrogen) atoms. The molecule has 1 fully saturated rings. The number of aryl methyl sites for hydroxylation is 1. The second kappa shape index (κ2) is 12.0. The first-order valence-corrected chi connectivity index (χ1v) is 14.3. The van der Waals surface area contributed by atoms with E-state index in [0.717, 1.165) is 42.4 Å². The Balaban J connectivity index is 1.11. The highest BCUT2D eigenvalue weighted by Gasteiger charge is 2.24. The van der Waals surface area contributed by atoms with E-state index >= 15 is 0 Å². The Hall–Kier alpha value is -4.42. The van der Waals surface area contributed by atoms with Gasteiger partial charge in [0.2, 0.25) is 11.9 Å². The number of aromatic nitrogens is 3. The molecule has 2 aliphatic rings. The summed E-state index contributed by atoms with van der Waals surface area (Å²) in [6.07, 6.45) is 1.61. The third kappa shape index (κ3) is 6.18. The molecule has 0 radical (unpaired) electrons. The van der Waals surface area contributed by atoms with Crippen LogP contribution in [0.5, 0.6) is 11.5 Å². The summed E-state index contributed by atoms with van der Waals surface area (Å²) in [6, 6.07) is 21.4. The fraction of sp³-hybridized carbons (Fsp3) is 0.276. The summed E-state index contributed by atoms with van der Waals surface area (Å²) in [5.41, 5.74) is 3.65. The Morgan fingerprint density at radius 3 is 2.59 bits per heavy atom. The van der Waals surface area contributed by atoms with Gasteiger partial charge in [-0.15, -0.1) is 10.2 Å². The van der Waals surface area contributed by atoms with Crippen molar-refractivity contribution >= 4 is 29.4 Å². The highest BCUT2D eigenvalue weighted by molar-refractivity contribution is 7.98. The number of benzene rings is 3. The number of hydrogen-bond acceptors (Lipinski definition) is 10. The van der Waals surface area contributed by atoms with E-state index in [-0.39, 0.29) is 17.4 Å². The van der Waals surface area contributed by atoms with Crippen molar-refractivity contribution in [2.45, 2.75) is 24.4 Å². The molecule has 11 nitrogen and oxygen atoms in total. The van der Waals surface area contributed by atoms with Gasteiger partial charge in [0, 0.05) is 50.1 Å². The minimum atomic E-state index is -0.323. The van der Waals surface area contributed by atoms with Crippen LogP contribution in [0.1, 0.15) is 22.5 Å². The molecule has 0 atom stereocenters. The first kappa shape index (κ1) is 26.8. The molecule has 0 N–H and O–H groups in total. The van der Waals surface area contributed by atoms with E-state index in [4.69, 9.17) is 9.47 Å². The number of thioether (sulfide) groups is 1.